The van der Waals surface area contributed by atoms with Gasteiger partial charge in [-0.3, -0.25) is 9.59 Å². The van der Waals surface area contributed by atoms with Gasteiger partial charge in [-0.25, -0.2) is 0 Å². The van der Waals surface area contributed by atoms with E-state index in [1.165, 1.54) is 5.56 Å². The second kappa shape index (κ2) is 7.97. The van der Waals surface area contributed by atoms with Crippen LogP contribution in [0, 0.1) is 0 Å². The van der Waals surface area contributed by atoms with E-state index < -0.39 is 5.97 Å². The summed E-state index contributed by atoms with van der Waals surface area (Å²) in [6, 6.07) is 8.27. The predicted octanol–water partition coefficient (Wildman–Crippen LogP) is 3.29. The van der Waals surface area contributed by atoms with Crippen molar-refractivity contribution in [3.63, 3.8) is 0 Å². The van der Waals surface area contributed by atoms with E-state index >= 15 is 0 Å². The van der Waals surface area contributed by atoms with Gasteiger partial charge in [0.15, 0.2) is 0 Å². The molecule has 0 saturated heterocycles. The highest BCUT2D eigenvalue weighted by molar-refractivity contribution is 5.76. The van der Waals surface area contributed by atoms with Gasteiger partial charge in [-0.05, 0) is 36.3 Å². The first-order chi connectivity index (χ1) is 10.2. The number of amides is 1. The SMILES string of the molecule is CC(CCC(=O)O)NC(=O)CCc1ccc(C(C)(C)C)cc1. The van der Waals surface area contributed by atoms with Gasteiger partial charge >= 0.3 is 5.97 Å². The molecule has 1 unspecified atom stereocenters. The lowest BCUT2D eigenvalue weighted by molar-refractivity contribution is -0.137. The lowest BCUT2D eigenvalue weighted by Crippen LogP contribution is -2.33. The van der Waals surface area contributed by atoms with Crippen LogP contribution in [0.2, 0.25) is 0 Å². The van der Waals surface area contributed by atoms with Crippen molar-refractivity contribution in [1.29, 1.82) is 0 Å². The van der Waals surface area contributed by atoms with Crippen LogP contribution in [-0.4, -0.2) is 23.0 Å². The number of carboxylic acids is 1. The zero-order chi connectivity index (χ0) is 16.8. The van der Waals surface area contributed by atoms with E-state index in [9.17, 15) is 9.59 Å². The number of rotatable bonds is 7. The summed E-state index contributed by atoms with van der Waals surface area (Å²) < 4.78 is 0. The number of carbonyl (C=O) groups excluding carboxylic acids is 1. The summed E-state index contributed by atoms with van der Waals surface area (Å²) in [6.07, 6.45) is 1.66. The fraction of sp³-hybridized carbons (Fsp3) is 0.556. The normalized spacial score (nSPS) is 12.7. The first kappa shape index (κ1) is 18.2. The van der Waals surface area contributed by atoms with Crippen molar-refractivity contribution in [3.8, 4) is 0 Å². The highest BCUT2D eigenvalue weighted by Gasteiger charge is 2.13. The van der Waals surface area contributed by atoms with Gasteiger partial charge in [0, 0.05) is 18.9 Å². The van der Waals surface area contributed by atoms with Gasteiger partial charge in [0.2, 0.25) is 5.91 Å². The summed E-state index contributed by atoms with van der Waals surface area (Å²) in [5.41, 5.74) is 2.56. The minimum Gasteiger partial charge on any atom is -0.481 e. The molecule has 1 aromatic carbocycles. The Morgan fingerprint density at radius 3 is 2.23 bits per heavy atom. The third-order valence-electron chi connectivity index (χ3n) is 3.66. The van der Waals surface area contributed by atoms with Crippen molar-refractivity contribution in [2.75, 3.05) is 0 Å². The third kappa shape index (κ3) is 6.74. The lowest BCUT2D eigenvalue weighted by Gasteiger charge is -2.19. The molecule has 0 fully saturated rings. The second-order valence-electron chi connectivity index (χ2n) is 6.85. The molecule has 1 amide bonds. The van der Waals surface area contributed by atoms with Crippen LogP contribution < -0.4 is 5.32 Å². The van der Waals surface area contributed by atoms with E-state index in [2.05, 4.69) is 50.4 Å². The van der Waals surface area contributed by atoms with Crippen LogP contribution in [0.25, 0.3) is 0 Å². The fourth-order valence-electron chi connectivity index (χ4n) is 2.19. The van der Waals surface area contributed by atoms with E-state index in [0.717, 1.165) is 5.56 Å². The molecule has 4 nitrogen and oxygen atoms in total. The molecule has 1 aromatic rings. The monoisotopic (exact) mass is 305 g/mol. The average Bonchev–Trinajstić information content (AvgIpc) is 2.42. The van der Waals surface area contributed by atoms with Gasteiger partial charge in [-0.15, -0.1) is 0 Å². The highest BCUT2D eigenvalue weighted by atomic mass is 16.4. The van der Waals surface area contributed by atoms with Crippen LogP contribution in [0.4, 0.5) is 0 Å². The Kier molecular flexibility index (Phi) is 6.60. The molecule has 2 N–H and O–H groups in total. The molecule has 0 heterocycles. The summed E-state index contributed by atoms with van der Waals surface area (Å²) in [7, 11) is 0. The Hall–Kier alpha value is -1.84. The lowest BCUT2D eigenvalue weighted by atomic mass is 9.86. The molecule has 0 aliphatic rings. The standard InChI is InChI=1S/C18H27NO3/c1-13(5-12-17(21)22)19-16(20)11-8-14-6-9-15(10-7-14)18(2,3)4/h6-7,9-10,13H,5,8,11-12H2,1-4H3,(H,19,20)(H,21,22). The van der Waals surface area contributed by atoms with Crippen LogP contribution in [0.3, 0.4) is 0 Å². The van der Waals surface area contributed by atoms with Crippen LogP contribution in [-0.2, 0) is 21.4 Å². The van der Waals surface area contributed by atoms with Gasteiger partial charge in [0.05, 0.1) is 0 Å². The summed E-state index contributed by atoms with van der Waals surface area (Å²) >= 11 is 0. The van der Waals surface area contributed by atoms with Crippen molar-refractivity contribution in [1.82, 2.24) is 5.32 Å². The zero-order valence-corrected chi connectivity index (χ0v) is 14.0. The Bertz CT molecular complexity index is 500. The minimum absolute atomic E-state index is 0.0298. The molecule has 1 rings (SSSR count). The number of carboxylic acid groups (broad SMARTS) is 1. The topological polar surface area (TPSA) is 66.4 Å². The van der Waals surface area contributed by atoms with E-state index in [4.69, 9.17) is 5.11 Å². The summed E-state index contributed by atoms with van der Waals surface area (Å²) in [5, 5.41) is 11.5. The fourth-order valence-corrected chi connectivity index (χ4v) is 2.19. The molecular weight excluding hydrogens is 278 g/mol. The molecular formula is C18H27NO3. The van der Waals surface area contributed by atoms with Crippen molar-refractivity contribution in [3.05, 3.63) is 35.4 Å². The van der Waals surface area contributed by atoms with Gasteiger partial charge in [-0.2, -0.15) is 0 Å². The molecule has 0 aromatic heterocycles. The molecule has 0 aliphatic heterocycles. The van der Waals surface area contributed by atoms with E-state index in [0.29, 0.717) is 19.3 Å². The molecule has 1 atom stereocenters. The van der Waals surface area contributed by atoms with E-state index in [-0.39, 0.29) is 23.8 Å². The number of carbonyl (C=O) groups is 2. The molecule has 0 aliphatic carbocycles. The predicted molar refractivity (Wildman–Crippen MR) is 87.9 cm³/mol. The maximum Gasteiger partial charge on any atom is 0.303 e. The smallest absolute Gasteiger partial charge is 0.303 e. The van der Waals surface area contributed by atoms with Gasteiger partial charge < -0.3 is 10.4 Å². The number of aryl methyl sites for hydroxylation is 1. The molecule has 22 heavy (non-hydrogen) atoms. The molecule has 0 bridgehead atoms. The van der Waals surface area contributed by atoms with Crippen molar-refractivity contribution < 1.29 is 14.7 Å². The molecule has 0 spiro atoms. The number of benzene rings is 1. The first-order valence-corrected chi connectivity index (χ1v) is 7.79. The quantitative estimate of drug-likeness (QED) is 0.812. The van der Waals surface area contributed by atoms with Crippen molar-refractivity contribution in [2.24, 2.45) is 0 Å². The Balaban J connectivity index is 2.39. The summed E-state index contributed by atoms with van der Waals surface area (Å²) in [5.74, 6) is -0.863. The van der Waals surface area contributed by atoms with E-state index in [1.807, 2.05) is 6.92 Å². The highest BCUT2D eigenvalue weighted by Crippen LogP contribution is 2.22. The molecule has 4 heteroatoms. The second-order valence-corrected chi connectivity index (χ2v) is 6.85. The molecule has 0 saturated carbocycles. The van der Waals surface area contributed by atoms with Crippen molar-refractivity contribution in [2.45, 2.75) is 64.8 Å². The Morgan fingerprint density at radius 2 is 1.73 bits per heavy atom. The van der Waals surface area contributed by atoms with Gasteiger partial charge in [-0.1, -0.05) is 45.0 Å². The first-order valence-electron chi connectivity index (χ1n) is 7.79. The van der Waals surface area contributed by atoms with Gasteiger partial charge in [0.1, 0.15) is 0 Å². The molecule has 0 radical (unpaired) electrons. The summed E-state index contributed by atoms with van der Waals surface area (Å²) in [4.78, 5) is 22.3. The average molecular weight is 305 g/mol. The van der Waals surface area contributed by atoms with Gasteiger partial charge in [0.25, 0.3) is 0 Å². The van der Waals surface area contributed by atoms with Crippen LogP contribution in [0.1, 0.15) is 58.1 Å². The molecule has 122 valence electrons. The maximum atomic E-state index is 11.8. The number of aliphatic carboxylic acids is 1. The van der Waals surface area contributed by atoms with Crippen LogP contribution in [0.15, 0.2) is 24.3 Å². The Morgan fingerprint density at radius 1 is 1.14 bits per heavy atom. The number of nitrogens with one attached hydrogen (secondary N) is 1. The largest absolute Gasteiger partial charge is 0.481 e. The van der Waals surface area contributed by atoms with Crippen LogP contribution in [0.5, 0.6) is 0 Å². The maximum absolute atomic E-state index is 11.8. The van der Waals surface area contributed by atoms with Crippen LogP contribution >= 0.6 is 0 Å². The third-order valence-corrected chi connectivity index (χ3v) is 3.66. The summed E-state index contributed by atoms with van der Waals surface area (Å²) in [6.45, 7) is 8.36. The number of hydrogen-bond acceptors (Lipinski definition) is 2. The Labute approximate surface area is 132 Å². The minimum atomic E-state index is -0.833. The van der Waals surface area contributed by atoms with Crippen molar-refractivity contribution >= 4 is 11.9 Å². The number of hydrogen-bond donors (Lipinski definition) is 2. The van der Waals surface area contributed by atoms with E-state index in [1.54, 1.807) is 0 Å². The zero-order valence-electron chi connectivity index (χ0n) is 14.0.